The molecule has 0 amide bonds. The van der Waals surface area contributed by atoms with Gasteiger partial charge in [-0.15, -0.1) is 0 Å². The Labute approximate surface area is 78.8 Å². The van der Waals surface area contributed by atoms with Crippen LogP contribution in [0.15, 0.2) is 24.3 Å². The molecule has 0 aliphatic heterocycles. The van der Waals surface area contributed by atoms with Gasteiger partial charge in [0.1, 0.15) is 0 Å². The van der Waals surface area contributed by atoms with Gasteiger partial charge in [0.05, 0.1) is 6.10 Å². The van der Waals surface area contributed by atoms with E-state index in [0.717, 1.165) is 11.1 Å². The Morgan fingerprint density at radius 1 is 1.23 bits per heavy atom. The predicted molar refractivity (Wildman–Crippen MR) is 52.6 cm³/mol. The minimum atomic E-state index is -0.320. The van der Waals surface area contributed by atoms with Crippen LogP contribution in [0.4, 0.5) is 0 Å². The Kier molecular flexibility index (Phi) is 3.93. The number of hydrogen-bond donors (Lipinski definition) is 2. The molecule has 1 unspecified atom stereocenters. The molecule has 0 saturated heterocycles. The zero-order valence-electron chi connectivity index (χ0n) is 7.90. The summed E-state index contributed by atoms with van der Waals surface area (Å²) in [5.41, 5.74) is 2.26. The summed E-state index contributed by atoms with van der Waals surface area (Å²) >= 11 is 0. The molecule has 0 bridgehead atoms. The van der Waals surface area contributed by atoms with Crippen LogP contribution in [-0.2, 0) is 12.8 Å². The second kappa shape index (κ2) is 5.00. The van der Waals surface area contributed by atoms with Crippen LogP contribution in [0.1, 0.15) is 18.1 Å². The Morgan fingerprint density at radius 3 is 2.38 bits per heavy atom. The van der Waals surface area contributed by atoms with Gasteiger partial charge in [-0.1, -0.05) is 24.3 Å². The van der Waals surface area contributed by atoms with Crippen molar-refractivity contribution < 1.29 is 10.2 Å². The molecular formula is C11H16O2. The Morgan fingerprint density at radius 2 is 1.85 bits per heavy atom. The van der Waals surface area contributed by atoms with Crippen LogP contribution in [0.2, 0.25) is 0 Å². The Balaban J connectivity index is 2.78. The van der Waals surface area contributed by atoms with E-state index >= 15 is 0 Å². The fraction of sp³-hybridized carbons (Fsp3) is 0.455. The summed E-state index contributed by atoms with van der Waals surface area (Å²) in [5.74, 6) is 0. The van der Waals surface area contributed by atoms with Gasteiger partial charge < -0.3 is 10.2 Å². The first-order valence-electron chi connectivity index (χ1n) is 4.59. The fourth-order valence-corrected chi connectivity index (χ4v) is 1.44. The SMILES string of the molecule is CC(O)Cc1ccccc1CCO. The smallest absolute Gasteiger partial charge is 0.0552 e. The molecule has 13 heavy (non-hydrogen) atoms. The van der Waals surface area contributed by atoms with Crippen LogP contribution in [0.5, 0.6) is 0 Å². The molecule has 2 heteroatoms. The quantitative estimate of drug-likeness (QED) is 0.729. The minimum absolute atomic E-state index is 0.164. The number of aliphatic hydroxyl groups is 2. The van der Waals surface area contributed by atoms with Crippen LogP contribution < -0.4 is 0 Å². The van der Waals surface area contributed by atoms with Crippen molar-refractivity contribution in [2.24, 2.45) is 0 Å². The van der Waals surface area contributed by atoms with Crippen molar-refractivity contribution in [1.29, 1.82) is 0 Å². The Bertz CT molecular complexity index is 256. The molecule has 0 fully saturated rings. The molecule has 1 atom stereocenters. The van der Waals surface area contributed by atoms with Gasteiger partial charge in [0.2, 0.25) is 0 Å². The molecule has 2 nitrogen and oxygen atoms in total. The van der Waals surface area contributed by atoms with Crippen LogP contribution in [-0.4, -0.2) is 22.9 Å². The summed E-state index contributed by atoms with van der Waals surface area (Å²) in [4.78, 5) is 0. The molecule has 1 aromatic rings. The lowest BCUT2D eigenvalue weighted by atomic mass is 10.0. The molecule has 0 radical (unpaired) electrons. The van der Waals surface area contributed by atoms with E-state index < -0.39 is 0 Å². The van der Waals surface area contributed by atoms with E-state index in [4.69, 9.17) is 5.11 Å². The molecule has 0 aliphatic rings. The van der Waals surface area contributed by atoms with Gasteiger partial charge in [-0.05, 0) is 30.9 Å². The number of hydrogen-bond acceptors (Lipinski definition) is 2. The van der Waals surface area contributed by atoms with Crippen molar-refractivity contribution in [3.05, 3.63) is 35.4 Å². The fourth-order valence-electron chi connectivity index (χ4n) is 1.44. The van der Waals surface area contributed by atoms with E-state index in [-0.39, 0.29) is 12.7 Å². The average molecular weight is 180 g/mol. The molecule has 1 rings (SSSR count). The average Bonchev–Trinajstić information content (AvgIpc) is 2.08. The molecule has 2 N–H and O–H groups in total. The third kappa shape index (κ3) is 3.17. The maximum absolute atomic E-state index is 9.24. The van der Waals surface area contributed by atoms with E-state index in [2.05, 4.69) is 0 Å². The lowest BCUT2D eigenvalue weighted by Gasteiger charge is -2.09. The van der Waals surface area contributed by atoms with Gasteiger partial charge in [0, 0.05) is 6.61 Å². The first kappa shape index (κ1) is 10.2. The van der Waals surface area contributed by atoms with Crippen molar-refractivity contribution in [1.82, 2.24) is 0 Å². The van der Waals surface area contributed by atoms with E-state index in [1.807, 2.05) is 24.3 Å². The summed E-state index contributed by atoms with van der Waals surface area (Å²) < 4.78 is 0. The minimum Gasteiger partial charge on any atom is -0.396 e. The molecule has 0 aromatic heterocycles. The molecule has 1 aromatic carbocycles. The van der Waals surface area contributed by atoms with Gasteiger partial charge >= 0.3 is 0 Å². The Hall–Kier alpha value is -0.860. The van der Waals surface area contributed by atoms with Gasteiger partial charge in [-0.2, -0.15) is 0 Å². The monoisotopic (exact) mass is 180 g/mol. The van der Waals surface area contributed by atoms with Crippen molar-refractivity contribution in [2.75, 3.05) is 6.61 Å². The van der Waals surface area contributed by atoms with E-state index in [1.165, 1.54) is 0 Å². The molecular weight excluding hydrogens is 164 g/mol. The predicted octanol–water partition coefficient (Wildman–Crippen LogP) is 1.14. The van der Waals surface area contributed by atoms with Gasteiger partial charge in [-0.25, -0.2) is 0 Å². The number of rotatable bonds is 4. The highest BCUT2D eigenvalue weighted by atomic mass is 16.3. The van der Waals surface area contributed by atoms with Gasteiger partial charge in [-0.3, -0.25) is 0 Å². The molecule has 0 heterocycles. The molecule has 0 aliphatic carbocycles. The largest absolute Gasteiger partial charge is 0.396 e. The van der Waals surface area contributed by atoms with Crippen molar-refractivity contribution in [3.8, 4) is 0 Å². The zero-order chi connectivity index (χ0) is 9.68. The second-order valence-electron chi connectivity index (χ2n) is 3.30. The van der Waals surface area contributed by atoms with Crippen LogP contribution >= 0.6 is 0 Å². The highest BCUT2D eigenvalue weighted by molar-refractivity contribution is 5.27. The maximum Gasteiger partial charge on any atom is 0.0552 e. The van der Waals surface area contributed by atoms with Crippen molar-refractivity contribution in [2.45, 2.75) is 25.9 Å². The molecule has 0 spiro atoms. The topological polar surface area (TPSA) is 40.5 Å². The van der Waals surface area contributed by atoms with Crippen LogP contribution in [0, 0.1) is 0 Å². The summed E-state index contributed by atoms with van der Waals surface area (Å²) in [6.07, 6.45) is 1.01. The highest BCUT2D eigenvalue weighted by Crippen LogP contribution is 2.11. The third-order valence-corrected chi connectivity index (χ3v) is 2.01. The lowest BCUT2D eigenvalue weighted by molar-refractivity contribution is 0.195. The highest BCUT2D eigenvalue weighted by Gasteiger charge is 2.03. The first-order valence-corrected chi connectivity index (χ1v) is 4.59. The van der Waals surface area contributed by atoms with Gasteiger partial charge in [0.15, 0.2) is 0 Å². The second-order valence-corrected chi connectivity index (χ2v) is 3.30. The first-order chi connectivity index (χ1) is 6.24. The summed E-state index contributed by atoms with van der Waals surface area (Å²) in [7, 11) is 0. The summed E-state index contributed by atoms with van der Waals surface area (Å²) in [6.45, 7) is 1.94. The van der Waals surface area contributed by atoms with Crippen LogP contribution in [0.25, 0.3) is 0 Å². The van der Waals surface area contributed by atoms with Crippen molar-refractivity contribution >= 4 is 0 Å². The van der Waals surface area contributed by atoms with Crippen molar-refractivity contribution in [3.63, 3.8) is 0 Å². The van der Waals surface area contributed by atoms with Gasteiger partial charge in [0.25, 0.3) is 0 Å². The molecule has 0 saturated carbocycles. The molecule has 72 valence electrons. The van der Waals surface area contributed by atoms with E-state index in [0.29, 0.717) is 12.8 Å². The summed E-state index contributed by atoms with van der Waals surface area (Å²) in [5, 5.41) is 18.1. The van der Waals surface area contributed by atoms with E-state index in [9.17, 15) is 5.11 Å². The zero-order valence-corrected chi connectivity index (χ0v) is 7.90. The third-order valence-electron chi connectivity index (χ3n) is 2.01. The lowest BCUT2D eigenvalue weighted by Crippen LogP contribution is -2.07. The van der Waals surface area contributed by atoms with Crippen LogP contribution in [0.3, 0.4) is 0 Å². The maximum atomic E-state index is 9.24. The normalized spacial score (nSPS) is 12.8. The summed E-state index contributed by atoms with van der Waals surface area (Å²) in [6, 6.07) is 7.90. The standard InChI is InChI=1S/C11H16O2/c1-9(13)8-11-5-3-2-4-10(11)6-7-12/h2-5,9,12-13H,6-8H2,1H3. The number of benzene rings is 1. The number of aliphatic hydroxyl groups excluding tert-OH is 2. The van der Waals surface area contributed by atoms with E-state index in [1.54, 1.807) is 6.92 Å².